The number of rotatable bonds is 6. The highest BCUT2D eigenvalue weighted by atomic mass is 35.5. The first-order valence-corrected chi connectivity index (χ1v) is 10.0. The molecule has 0 aliphatic rings. The standard InChI is InChI=1S/C18H12Cl2N4O6S/c1-30-17(27)10-5-14(24(28)29)16(26)23(6-10)7-15(25)22-18-21-13(8-31-18)9-2-3-11(19)12(20)4-9/h2-6,8H,7H2,1H3,(H,21,22,25). The van der Waals surface area contributed by atoms with Gasteiger partial charge in [0.15, 0.2) is 5.13 Å². The average molecular weight is 483 g/mol. The van der Waals surface area contributed by atoms with Gasteiger partial charge in [0.1, 0.15) is 6.54 Å². The number of anilines is 1. The van der Waals surface area contributed by atoms with Crippen LogP contribution in [0.25, 0.3) is 11.3 Å². The summed E-state index contributed by atoms with van der Waals surface area (Å²) in [6.07, 6.45) is 1.02. The summed E-state index contributed by atoms with van der Waals surface area (Å²) >= 11 is 13.0. The van der Waals surface area contributed by atoms with Gasteiger partial charge in [-0.3, -0.25) is 24.3 Å². The second kappa shape index (κ2) is 9.25. The zero-order chi connectivity index (χ0) is 22.7. The average Bonchev–Trinajstić information content (AvgIpc) is 3.18. The summed E-state index contributed by atoms with van der Waals surface area (Å²) in [5.74, 6) is -1.56. The first-order valence-electron chi connectivity index (χ1n) is 8.37. The van der Waals surface area contributed by atoms with Crippen LogP contribution in [0, 0.1) is 10.1 Å². The summed E-state index contributed by atoms with van der Waals surface area (Å²) in [5, 5.41) is 16.3. The van der Waals surface area contributed by atoms with Gasteiger partial charge in [0.2, 0.25) is 5.91 Å². The van der Waals surface area contributed by atoms with Crippen LogP contribution in [0.4, 0.5) is 10.8 Å². The molecule has 1 N–H and O–H groups in total. The molecule has 2 aromatic heterocycles. The summed E-state index contributed by atoms with van der Waals surface area (Å²) in [6, 6.07) is 5.75. The summed E-state index contributed by atoms with van der Waals surface area (Å²) in [5.41, 5.74) is -0.906. The van der Waals surface area contributed by atoms with Crippen molar-refractivity contribution in [2.24, 2.45) is 0 Å². The maximum absolute atomic E-state index is 12.4. The number of amides is 1. The Kier molecular flexibility index (Phi) is 6.68. The van der Waals surface area contributed by atoms with Crippen LogP contribution in [-0.2, 0) is 16.1 Å². The van der Waals surface area contributed by atoms with Crippen molar-refractivity contribution in [3.63, 3.8) is 0 Å². The maximum atomic E-state index is 12.4. The molecule has 0 fully saturated rings. The van der Waals surface area contributed by atoms with E-state index in [-0.39, 0.29) is 10.7 Å². The molecule has 31 heavy (non-hydrogen) atoms. The lowest BCUT2D eigenvalue weighted by atomic mass is 10.2. The normalized spacial score (nSPS) is 10.5. The topological polar surface area (TPSA) is 133 Å². The lowest BCUT2D eigenvalue weighted by Crippen LogP contribution is -2.29. The predicted octanol–water partition coefficient (Wildman–Crippen LogP) is 3.61. The van der Waals surface area contributed by atoms with Crippen molar-refractivity contribution < 1.29 is 19.2 Å². The first-order chi connectivity index (χ1) is 14.7. The quantitative estimate of drug-likeness (QED) is 0.322. The molecule has 0 spiro atoms. The Morgan fingerprint density at radius 3 is 2.68 bits per heavy atom. The van der Waals surface area contributed by atoms with Gasteiger partial charge in [-0.2, -0.15) is 0 Å². The Hall–Kier alpha value is -3.28. The van der Waals surface area contributed by atoms with Crippen LogP contribution in [-0.4, -0.2) is 33.5 Å². The molecule has 13 heteroatoms. The maximum Gasteiger partial charge on any atom is 0.339 e. The van der Waals surface area contributed by atoms with E-state index in [4.69, 9.17) is 23.2 Å². The van der Waals surface area contributed by atoms with Crippen molar-refractivity contribution in [1.82, 2.24) is 9.55 Å². The third-order valence-corrected chi connectivity index (χ3v) is 5.46. The molecule has 10 nitrogen and oxygen atoms in total. The van der Waals surface area contributed by atoms with Crippen LogP contribution >= 0.6 is 34.5 Å². The Morgan fingerprint density at radius 2 is 2.03 bits per heavy atom. The van der Waals surface area contributed by atoms with E-state index in [9.17, 15) is 24.5 Å². The molecule has 0 saturated heterocycles. The highest BCUT2D eigenvalue weighted by Gasteiger charge is 2.21. The van der Waals surface area contributed by atoms with Crippen LogP contribution in [0.5, 0.6) is 0 Å². The van der Waals surface area contributed by atoms with E-state index in [0.717, 1.165) is 35.3 Å². The summed E-state index contributed by atoms with van der Waals surface area (Å²) in [6.45, 7) is -0.577. The minimum absolute atomic E-state index is 0.234. The number of carbonyl (C=O) groups excluding carboxylic acids is 2. The number of hydrogen-bond donors (Lipinski definition) is 1. The van der Waals surface area contributed by atoms with Crippen LogP contribution in [0.1, 0.15) is 10.4 Å². The van der Waals surface area contributed by atoms with Gasteiger partial charge >= 0.3 is 17.2 Å². The van der Waals surface area contributed by atoms with Crippen molar-refractivity contribution in [1.29, 1.82) is 0 Å². The van der Waals surface area contributed by atoms with Crippen LogP contribution in [0.15, 0.2) is 40.6 Å². The van der Waals surface area contributed by atoms with Gasteiger partial charge in [-0.15, -0.1) is 11.3 Å². The molecule has 1 amide bonds. The van der Waals surface area contributed by atoms with E-state index in [1.807, 2.05) is 0 Å². The third-order valence-electron chi connectivity index (χ3n) is 3.96. The van der Waals surface area contributed by atoms with Crippen molar-refractivity contribution in [2.75, 3.05) is 12.4 Å². The van der Waals surface area contributed by atoms with Crippen molar-refractivity contribution in [3.8, 4) is 11.3 Å². The molecule has 3 aromatic rings. The number of halogens is 2. The van der Waals surface area contributed by atoms with Crippen molar-refractivity contribution in [2.45, 2.75) is 6.54 Å². The van der Waals surface area contributed by atoms with Gasteiger partial charge in [-0.25, -0.2) is 9.78 Å². The Balaban J connectivity index is 1.81. The van der Waals surface area contributed by atoms with Gasteiger partial charge in [-0.1, -0.05) is 29.3 Å². The number of aromatic nitrogens is 2. The highest BCUT2D eigenvalue weighted by molar-refractivity contribution is 7.14. The number of carbonyl (C=O) groups is 2. The molecule has 0 unspecified atom stereocenters. The third kappa shape index (κ3) is 5.08. The van der Waals surface area contributed by atoms with Crippen LogP contribution in [0.2, 0.25) is 10.0 Å². The first kappa shape index (κ1) is 22.4. The van der Waals surface area contributed by atoms with Crippen LogP contribution < -0.4 is 10.9 Å². The lowest BCUT2D eigenvalue weighted by molar-refractivity contribution is -0.386. The van der Waals surface area contributed by atoms with E-state index < -0.39 is 34.6 Å². The van der Waals surface area contributed by atoms with Gasteiger partial charge in [0.05, 0.1) is 33.3 Å². The van der Waals surface area contributed by atoms with E-state index in [2.05, 4.69) is 15.0 Å². The number of hydrogen-bond acceptors (Lipinski definition) is 8. The Labute approximate surface area is 188 Å². The van der Waals surface area contributed by atoms with E-state index in [1.165, 1.54) is 0 Å². The number of pyridine rings is 1. The van der Waals surface area contributed by atoms with Crippen LogP contribution in [0.3, 0.4) is 0 Å². The van der Waals surface area contributed by atoms with Crippen molar-refractivity contribution >= 4 is 57.2 Å². The fourth-order valence-corrected chi connectivity index (χ4v) is 3.56. The number of methoxy groups -OCH3 is 1. The highest BCUT2D eigenvalue weighted by Crippen LogP contribution is 2.30. The fraction of sp³-hybridized carbons (Fsp3) is 0.111. The zero-order valence-corrected chi connectivity index (χ0v) is 18.0. The summed E-state index contributed by atoms with van der Waals surface area (Å²) < 4.78 is 5.28. The van der Waals surface area contributed by atoms with Gasteiger partial charge in [0, 0.05) is 23.2 Å². The van der Waals surface area contributed by atoms with Gasteiger partial charge < -0.3 is 10.1 Å². The van der Waals surface area contributed by atoms with Crippen molar-refractivity contribution in [3.05, 3.63) is 71.9 Å². The molecule has 0 aliphatic carbocycles. The fourth-order valence-electron chi connectivity index (χ4n) is 2.53. The minimum atomic E-state index is -1.04. The molecule has 0 atom stereocenters. The number of nitrogens with zero attached hydrogens (tertiary/aromatic N) is 3. The predicted molar refractivity (Wildman–Crippen MR) is 115 cm³/mol. The van der Waals surface area contributed by atoms with E-state index in [1.54, 1.807) is 23.6 Å². The molecule has 0 bridgehead atoms. The zero-order valence-electron chi connectivity index (χ0n) is 15.6. The molecule has 0 saturated carbocycles. The number of esters is 1. The Bertz CT molecular complexity index is 1260. The summed E-state index contributed by atoms with van der Waals surface area (Å²) in [7, 11) is 1.09. The molecule has 0 radical (unpaired) electrons. The van der Waals surface area contributed by atoms with E-state index >= 15 is 0 Å². The minimum Gasteiger partial charge on any atom is -0.465 e. The number of thiazole rings is 1. The smallest absolute Gasteiger partial charge is 0.339 e. The number of ether oxygens (including phenoxy) is 1. The van der Waals surface area contributed by atoms with E-state index in [0.29, 0.717) is 21.3 Å². The SMILES string of the molecule is COC(=O)c1cc([N+](=O)[O-])c(=O)n(CC(=O)Nc2nc(-c3ccc(Cl)c(Cl)c3)cs2)c1. The molecule has 0 aliphatic heterocycles. The number of nitrogens with one attached hydrogen (secondary N) is 1. The second-order valence-corrected chi connectivity index (χ2v) is 7.68. The molecule has 160 valence electrons. The van der Waals surface area contributed by atoms with Gasteiger partial charge in [0.25, 0.3) is 0 Å². The molecule has 1 aromatic carbocycles. The number of benzene rings is 1. The summed E-state index contributed by atoms with van der Waals surface area (Å²) in [4.78, 5) is 50.8. The second-order valence-electron chi connectivity index (χ2n) is 6.01. The van der Waals surface area contributed by atoms with Gasteiger partial charge in [-0.05, 0) is 12.1 Å². The number of nitro groups is 1. The molecule has 2 heterocycles. The largest absolute Gasteiger partial charge is 0.465 e. The molecular weight excluding hydrogens is 471 g/mol. The monoisotopic (exact) mass is 482 g/mol. The molecule has 3 rings (SSSR count). The molecular formula is C18H12Cl2N4O6S. The Morgan fingerprint density at radius 1 is 1.29 bits per heavy atom. The lowest BCUT2D eigenvalue weighted by Gasteiger charge is -2.07.